The van der Waals surface area contributed by atoms with Crippen LogP contribution in [0.4, 0.5) is 9.59 Å². The molecule has 3 unspecified atom stereocenters. The fourth-order valence-corrected chi connectivity index (χ4v) is 4.49. The van der Waals surface area contributed by atoms with Crippen molar-refractivity contribution in [2.24, 2.45) is 17.4 Å². The topological polar surface area (TPSA) is 221 Å². The van der Waals surface area contributed by atoms with Crippen molar-refractivity contribution < 1.29 is 57.6 Å². The number of aliphatic hydroxyl groups excluding tert-OH is 1. The van der Waals surface area contributed by atoms with Crippen molar-refractivity contribution in [1.29, 1.82) is 0 Å². The Morgan fingerprint density at radius 2 is 1.48 bits per heavy atom. The van der Waals surface area contributed by atoms with E-state index < -0.39 is 42.9 Å². The van der Waals surface area contributed by atoms with Crippen molar-refractivity contribution in [2.45, 2.75) is 77.4 Å². The maximum atomic E-state index is 12.6. The van der Waals surface area contributed by atoms with Crippen LogP contribution >= 0.6 is 11.8 Å². The van der Waals surface area contributed by atoms with Crippen molar-refractivity contribution in [3.8, 4) is 0 Å². The molecule has 0 fully saturated rings. The summed E-state index contributed by atoms with van der Waals surface area (Å²) in [7, 11) is 0. The third kappa shape index (κ3) is 21.0. The first-order chi connectivity index (χ1) is 20.0. The Bertz CT molecular complexity index is 842. The zero-order valence-corrected chi connectivity index (χ0v) is 25.4. The lowest BCUT2D eigenvalue weighted by Gasteiger charge is -2.19. The molecule has 0 aliphatic rings. The number of nitrogens with two attached hydrogens (primary N) is 2. The van der Waals surface area contributed by atoms with Gasteiger partial charge in [-0.25, -0.2) is 9.59 Å². The molecule has 0 saturated heterocycles. The van der Waals surface area contributed by atoms with Gasteiger partial charge in [0, 0.05) is 56.1 Å². The SMILES string of the molecule is CCOC(=O)OCCCC(CSCC(N)C(=O)CC(CO)C(=O)CCCOCCC(=O)CCC(N)=O)OC(=O)OCC. The van der Waals surface area contributed by atoms with Crippen LogP contribution in [0.3, 0.4) is 0 Å². The predicted octanol–water partition coefficient (Wildman–Crippen LogP) is 1.70. The van der Waals surface area contributed by atoms with Crippen molar-refractivity contribution in [3.05, 3.63) is 0 Å². The molecule has 0 aliphatic heterocycles. The smallest absolute Gasteiger partial charge is 0.435 e. The Labute approximate surface area is 250 Å². The molecule has 0 saturated carbocycles. The van der Waals surface area contributed by atoms with E-state index in [-0.39, 0.29) is 88.2 Å². The molecule has 0 aromatic carbocycles. The van der Waals surface area contributed by atoms with Crippen LogP contribution in [0.5, 0.6) is 0 Å². The number of hydrogen-bond donors (Lipinski definition) is 3. The number of thioether (sulfide) groups is 1. The molecule has 0 bridgehead atoms. The standard InChI is InChI=1S/C27H46N2O12S/c1-3-38-26(35)40-13-5-7-21(41-27(36)39-4-2)17-42-18-22(28)24(33)15-19(16-30)23(32)8-6-12-37-14-11-20(31)9-10-25(29)34/h19,21-22,30H,3-18,28H2,1-2H3,(H2,29,34). The number of hydrogen-bond acceptors (Lipinski definition) is 14. The minimum Gasteiger partial charge on any atom is -0.435 e. The summed E-state index contributed by atoms with van der Waals surface area (Å²) in [6.45, 7) is 3.59. The minimum absolute atomic E-state index is 0.00296. The van der Waals surface area contributed by atoms with E-state index in [4.69, 9.17) is 30.4 Å². The molecule has 0 spiro atoms. The molecule has 0 heterocycles. The summed E-state index contributed by atoms with van der Waals surface area (Å²) >= 11 is 1.28. The highest BCUT2D eigenvalue weighted by Crippen LogP contribution is 2.16. The summed E-state index contributed by atoms with van der Waals surface area (Å²) in [6.07, 6.45) is -0.988. The summed E-state index contributed by atoms with van der Waals surface area (Å²) in [4.78, 5) is 70.4. The van der Waals surface area contributed by atoms with Gasteiger partial charge in [-0.1, -0.05) is 0 Å². The Balaban J connectivity index is 4.45. The Morgan fingerprint density at radius 3 is 2.12 bits per heavy atom. The van der Waals surface area contributed by atoms with Crippen molar-refractivity contribution in [3.63, 3.8) is 0 Å². The average molecular weight is 623 g/mol. The molecule has 14 nitrogen and oxygen atoms in total. The molecule has 0 radical (unpaired) electrons. The van der Waals surface area contributed by atoms with Crippen LogP contribution in [0.1, 0.15) is 65.2 Å². The normalized spacial score (nSPS) is 13.0. The van der Waals surface area contributed by atoms with Crippen molar-refractivity contribution >= 4 is 47.3 Å². The molecule has 1 amide bonds. The van der Waals surface area contributed by atoms with Crippen LogP contribution in [-0.2, 0) is 42.9 Å². The zero-order chi connectivity index (χ0) is 31.8. The first-order valence-corrected chi connectivity index (χ1v) is 15.2. The highest BCUT2D eigenvalue weighted by Gasteiger charge is 2.25. The first kappa shape index (κ1) is 39.2. The molecule has 15 heteroatoms. The number of ether oxygens (including phenoxy) is 5. The van der Waals surface area contributed by atoms with E-state index in [2.05, 4.69) is 4.74 Å². The van der Waals surface area contributed by atoms with E-state index in [0.717, 1.165) is 0 Å². The van der Waals surface area contributed by atoms with Gasteiger partial charge in [0.1, 0.15) is 17.7 Å². The number of primary amides is 1. The molecular weight excluding hydrogens is 576 g/mol. The molecule has 3 atom stereocenters. The van der Waals surface area contributed by atoms with E-state index in [1.807, 2.05) is 0 Å². The van der Waals surface area contributed by atoms with E-state index >= 15 is 0 Å². The second-order valence-electron chi connectivity index (χ2n) is 9.23. The number of Topliss-reactive ketones (excluding diaryl/α,β-unsaturated/α-hetero) is 3. The lowest BCUT2D eigenvalue weighted by molar-refractivity contribution is -0.129. The van der Waals surface area contributed by atoms with Gasteiger partial charge in [-0.05, 0) is 33.1 Å². The van der Waals surface area contributed by atoms with Crippen LogP contribution in [-0.4, -0.2) is 104 Å². The van der Waals surface area contributed by atoms with E-state index in [1.54, 1.807) is 13.8 Å². The van der Waals surface area contributed by atoms with Crippen LogP contribution in [0.15, 0.2) is 0 Å². The van der Waals surface area contributed by atoms with Gasteiger partial charge in [0.2, 0.25) is 5.91 Å². The van der Waals surface area contributed by atoms with E-state index in [1.165, 1.54) is 11.8 Å². The van der Waals surface area contributed by atoms with Gasteiger partial charge in [-0.2, -0.15) is 11.8 Å². The number of aliphatic hydroxyl groups is 1. The van der Waals surface area contributed by atoms with Crippen molar-refractivity contribution in [1.82, 2.24) is 0 Å². The summed E-state index contributed by atoms with van der Waals surface area (Å²) < 4.78 is 25.0. The number of carbonyl (C=O) groups is 6. The monoisotopic (exact) mass is 622 g/mol. The second-order valence-corrected chi connectivity index (χ2v) is 10.3. The molecule has 5 N–H and O–H groups in total. The Hall–Kier alpha value is -2.75. The third-order valence-corrected chi connectivity index (χ3v) is 6.91. The summed E-state index contributed by atoms with van der Waals surface area (Å²) in [6, 6.07) is -0.900. The maximum absolute atomic E-state index is 12.6. The molecular formula is C27H46N2O12S. The minimum atomic E-state index is -0.900. The third-order valence-electron chi connectivity index (χ3n) is 5.70. The highest BCUT2D eigenvalue weighted by atomic mass is 32.2. The average Bonchev–Trinajstić information content (AvgIpc) is 2.94. The van der Waals surface area contributed by atoms with Gasteiger partial charge in [-0.3, -0.25) is 19.2 Å². The van der Waals surface area contributed by atoms with Crippen LogP contribution in [0, 0.1) is 5.92 Å². The molecule has 0 aliphatic carbocycles. The number of rotatable bonds is 26. The molecule has 0 aromatic heterocycles. The highest BCUT2D eigenvalue weighted by molar-refractivity contribution is 7.99. The lowest BCUT2D eigenvalue weighted by Crippen LogP contribution is -2.36. The summed E-state index contributed by atoms with van der Waals surface area (Å²) in [5, 5.41) is 9.64. The lowest BCUT2D eigenvalue weighted by atomic mass is 9.93. The maximum Gasteiger partial charge on any atom is 0.508 e. The van der Waals surface area contributed by atoms with Gasteiger partial charge >= 0.3 is 12.3 Å². The summed E-state index contributed by atoms with van der Waals surface area (Å²) in [5.41, 5.74) is 11.0. The first-order valence-electron chi connectivity index (χ1n) is 14.0. The largest absolute Gasteiger partial charge is 0.508 e. The number of ketones is 3. The van der Waals surface area contributed by atoms with Crippen LogP contribution < -0.4 is 11.5 Å². The second kappa shape index (κ2) is 24.8. The van der Waals surface area contributed by atoms with Gasteiger partial charge in [0.25, 0.3) is 0 Å². The molecule has 242 valence electrons. The Morgan fingerprint density at radius 1 is 0.786 bits per heavy atom. The summed E-state index contributed by atoms with van der Waals surface area (Å²) in [5.74, 6) is -1.74. The molecule has 0 rings (SSSR count). The van der Waals surface area contributed by atoms with Gasteiger partial charge in [0.15, 0.2) is 5.78 Å². The number of amides is 1. The molecule has 0 aromatic rings. The fraction of sp³-hybridized carbons (Fsp3) is 0.778. The van der Waals surface area contributed by atoms with Gasteiger partial charge in [-0.15, -0.1) is 0 Å². The van der Waals surface area contributed by atoms with E-state index in [0.29, 0.717) is 25.0 Å². The van der Waals surface area contributed by atoms with E-state index in [9.17, 15) is 33.9 Å². The predicted molar refractivity (Wildman–Crippen MR) is 153 cm³/mol. The zero-order valence-electron chi connectivity index (χ0n) is 24.5. The fourth-order valence-electron chi connectivity index (χ4n) is 3.41. The number of carbonyl (C=O) groups excluding carboxylic acids is 6. The quantitative estimate of drug-likeness (QED) is 0.0923. The van der Waals surface area contributed by atoms with Crippen molar-refractivity contribution in [2.75, 3.05) is 51.1 Å². The molecule has 42 heavy (non-hydrogen) atoms. The van der Waals surface area contributed by atoms with Gasteiger partial charge in [0.05, 0.1) is 39.1 Å². The Kier molecular flexibility index (Phi) is 23.2. The van der Waals surface area contributed by atoms with Gasteiger partial charge < -0.3 is 40.3 Å². The van der Waals surface area contributed by atoms with Crippen LogP contribution in [0.25, 0.3) is 0 Å². The van der Waals surface area contributed by atoms with Crippen LogP contribution in [0.2, 0.25) is 0 Å².